The van der Waals surface area contributed by atoms with Crippen LogP contribution in [0.1, 0.15) is 44.9 Å². The van der Waals surface area contributed by atoms with Gasteiger partial charge in [0.1, 0.15) is 6.54 Å². The molecule has 24 heavy (non-hydrogen) atoms. The third-order valence-corrected chi connectivity index (χ3v) is 6.62. The maximum Gasteiger partial charge on any atom is 0.243 e. The first-order valence-electron chi connectivity index (χ1n) is 8.98. The Morgan fingerprint density at radius 2 is 2.00 bits per heavy atom. The summed E-state index contributed by atoms with van der Waals surface area (Å²) in [7, 11) is 3.58. The normalized spacial score (nSPS) is 23.6. The van der Waals surface area contributed by atoms with Crippen molar-refractivity contribution >= 4 is 47.6 Å². The predicted octanol–water partition coefficient (Wildman–Crippen LogP) is 2.55. The number of carbonyl (C=O) groups is 1. The molecule has 1 aliphatic heterocycles. The summed E-state index contributed by atoms with van der Waals surface area (Å²) in [6.45, 7) is 2.38. The van der Waals surface area contributed by atoms with Crippen LogP contribution < -0.4 is 5.32 Å². The molecule has 3 rings (SSSR count). The molecule has 3 aliphatic rings. The highest BCUT2D eigenvalue weighted by atomic mass is 127. The number of hydrogen-bond donors (Lipinski definition) is 1. The van der Waals surface area contributed by atoms with Crippen LogP contribution in [-0.2, 0) is 4.79 Å². The molecule has 0 unspecified atom stereocenters. The lowest BCUT2D eigenvalue weighted by atomic mass is 9.87. The van der Waals surface area contributed by atoms with E-state index in [2.05, 4.69) is 27.0 Å². The van der Waals surface area contributed by atoms with E-state index >= 15 is 0 Å². The van der Waals surface area contributed by atoms with Crippen molar-refractivity contribution in [1.82, 2.24) is 15.1 Å². The van der Waals surface area contributed by atoms with Gasteiger partial charge in [0.15, 0.2) is 5.96 Å². The van der Waals surface area contributed by atoms with Gasteiger partial charge in [-0.05, 0) is 25.7 Å². The van der Waals surface area contributed by atoms with Crippen LogP contribution in [-0.4, -0.2) is 71.9 Å². The number of aliphatic imine (C=N–C) groups is 1. The van der Waals surface area contributed by atoms with Gasteiger partial charge in [-0.25, -0.2) is 4.99 Å². The number of nitrogens with one attached hydrogen (secondary N) is 1. The average Bonchev–Trinajstić information content (AvgIpc) is 3.36. The van der Waals surface area contributed by atoms with Gasteiger partial charge in [0.2, 0.25) is 5.91 Å². The summed E-state index contributed by atoms with van der Waals surface area (Å²) in [6, 6.07) is 0.570. The van der Waals surface area contributed by atoms with Gasteiger partial charge in [0.05, 0.1) is 0 Å². The van der Waals surface area contributed by atoms with E-state index in [0.29, 0.717) is 10.8 Å². The summed E-state index contributed by atoms with van der Waals surface area (Å²) in [5.41, 5.74) is 0. The van der Waals surface area contributed by atoms with Crippen molar-refractivity contribution in [3.05, 3.63) is 0 Å². The summed E-state index contributed by atoms with van der Waals surface area (Å²) in [6.07, 6.45) is 9.25. The standard InChI is InChI=1S/C17H30N4OS.HI/c1-20(2)15(22)12-18-16(19-14-6-7-14)21-10-11-23-17(13-21)8-4-3-5-9-17;/h14H,3-13H2,1-2H3,(H,18,19);1H. The Morgan fingerprint density at radius 1 is 1.29 bits per heavy atom. The number of halogens is 1. The number of hydrogen-bond acceptors (Lipinski definition) is 3. The molecule has 2 saturated carbocycles. The highest BCUT2D eigenvalue weighted by molar-refractivity contribution is 14.0. The number of guanidine groups is 1. The summed E-state index contributed by atoms with van der Waals surface area (Å²) >= 11 is 2.17. The fourth-order valence-electron chi connectivity index (χ4n) is 3.46. The summed E-state index contributed by atoms with van der Waals surface area (Å²) < 4.78 is 0.425. The number of amides is 1. The molecule has 0 bridgehead atoms. The fourth-order valence-corrected chi connectivity index (χ4v) is 5.02. The lowest BCUT2D eigenvalue weighted by Gasteiger charge is -2.45. The number of nitrogens with zero attached hydrogens (tertiary/aromatic N) is 3. The maximum atomic E-state index is 11.9. The Morgan fingerprint density at radius 3 is 2.62 bits per heavy atom. The Hall–Kier alpha value is -0.180. The van der Waals surface area contributed by atoms with Gasteiger partial charge < -0.3 is 15.1 Å². The monoisotopic (exact) mass is 466 g/mol. The first kappa shape index (κ1) is 20.1. The van der Waals surface area contributed by atoms with Crippen molar-refractivity contribution in [2.75, 3.05) is 39.5 Å². The van der Waals surface area contributed by atoms with Crippen molar-refractivity contribution in [2.24, 2.45) is 4.99 Å². The molecular weight excluding hydrogens is 435 g/mol. The topological polar surface area (TPSA) is 47.9 Å². The molecule has 0 atom stereocenters. The molecule has 5 nitrogen and oxygen atoms in total. The van der Waals surface area contributed by atoms with E-state index in [1.165, 1.54) is 50.7 Å². The molecule has 1 heterocycles. The van der Waals surface area contributed by atoms with Gasteiger partial charge in [-0.1, -0.05) is 19.3 Å². The van der Waals surface area contributed by atoms with E-state index in [0.717, 1.165) is 19.0 Å². The minimum Gasteiger partial charge on any atom is -0.353 e. The van der Waals surface area contributed by atoms with Crippen LogP contribution >= 0.6 is 35.7 Å². The number of carbonyl (C=O) groups excluding carboxylic acids is 1. The SMILES string of the molecule is CN(C)C(=O)CN=C(NC1CC1)N1CCSC2(CCCCC2)C1.I. The molecule has 2 aliphatic carbocycles. The van der Waals surface area contributed by atoms with Crippen molar-refractivity contribution in [3.8, 4) is 0 Å². The van der Waals surface area contributed by atoms with Crippen LogP contribution in [0.5, 0.6) is 0 Å². The Bertz CT molecular complexity index is 456. The van der Waals surface area contributed by atoms with E-state index in [-0.39, 0.29) is 36.4 Å². The quantitative estimate of drug-likeness (QED) is 0.395. The van der Waals surface area contributed by atoms with E-state index in [9.17, 15) is 4.79 Å². The van der Waals surface area contributed by atoms with Crippen molar-refractivity contribution in [3.63, 3.8) is 0 Å². The number of likely N-dealkylation sites (N-methyl/N-ethyl adjacent to an activating group) is 1. The Balaban J connectivity index is 0.00000208. The molecule has 0 radical (unpaired) electrons. The lowest BCUT2D eigenvalue weighted by molar-refractivity contribution is -0.127. The first-order chi connectivity index (χ1) is 11.1. The smallest absolute Gasteiger partial charge is 0.243 e. The number of rotatable bonds is 3. The van der Waals surface area contributed by atoms with Gasteiger partial charge in [0, 0.05) is 43.7 Å². The predicted molar refractivity (Wildman–Crippen MR) is 112 cm³/mol. The van der Waals surface area contributed by atoms with E-state index in [4.69, 9.17) is 0 Å². The largest absolute Gasteiger partial charge is 0.353 e. The van der Waals surface area contributed by atoms with Gasteiger partial charge in [-0.3, -0.25) is 4.79 Å². The van der Waals surface area contributed by atoms with Crippen LogP contribution in [0.25, 0.3) is 0 Å². The third-order valence-electron chi connectivity index (χ3n) is 5.09. The Kier molecular flexibility index (Phi) is 7.52. The van der Waals surface area contributed by atoms with Gasteiger partial charge in [-0.15, -0.1) is 24.0 Å². The van der Waals surface area contributed by atoms with E-state index in [1.54, 1.807) is 19.0 Å². The zero-order chi connectivity index (χ0) is 16.3. The second-order valence-electron chi connectivity index (χ2n) is 7.36. The summed E-state index contributed by atoms with van der Waals surface area (Å²) in [5, 5.41) is 3.57. The molecule has 7 heteroatoms. The maximum absolute atomic E-state index is 11.9. The first-order valence-corrected chi connectivity index (χ1v) is 9.97. The van der Waals surface area contributed by atoms with E-state index in [1.807, 2.05) is 0 Å². The van der Waals surface area contributed by atoms with Crippen molar-refractivity contribution in [2.45, 2.75) is 55.7 Å². The Labute approximate surface area is 167 Å². The van der Waals surface area contributed by atoms with Gasteiger partial charge in [0.25, 0.3) is 0 Å². The highest BCUT2D eigenvalue weighted by Gasteiger charge is 2.39. The fraction of sp³-hybridized carbons (Fsp3) is 0.882. The van der Waals surface area contributed by atoms with Crippen LogP contribution in [0, 0.1) is 0 Å². The summed E-state index contributed by atoms with van der Waals surface area (Å²) in [4.78, 5) is 20.6. The zero-order valence-corrected chi connectivity index (χ0v) is 18.1. The molecule has 0 aromatic carbocycles. The van der Waals surface area contributed by atoms with Crippen molar-refractivity contribution < 1.29 is 4.79 Å². The molecule has 1 amide bonds. The molecule has 1 saturated heterocycles. The average molecular weight is 466 g/mol. The molecule has 138 valence electrons. The van der Waals surface area contributed by atoms with Crippen LogP contribution in [0.4, 0.5) is 0 Å². The highest BCUT2D eigenvalue weighted by Crippen LogP contribution is 2.42. The minimum absolute atomic E-state index is 0. The molecule has 0 aromatic rings. The van der Waals surface area contributed by atoms with Gasteiger partial charge >= 0.3 is 0 Å². The minimum atomic E-state index is 0. The summed E-state index contributed by atoms with van der Waals surface area (Å²) in [5.74, 6) is 2.21. The molecule has 0 aromatic heterocycles. The van der Waals surface area contributed by atoms with E-state index < -0.39 is 0 Å². The molecule has 1 N–H and O–H groups in total. The van der Waals surface area contributed by atoms with Crippen LogP contribution in [0.2, 0.25) is 0 Å². The molecule has 3 fully saturated rings. The number of thioether (sulfide) groups is 1. The second kappa shape index (κ2) is 8.96. The van der Waals surface area contributed by atoms with Crippen molar-refractivity contribution in [1.29, 1.82) is 0 Å². The third kappa shape index (κ3) is 5.41. The molecular formula is C17H31IN4OS. The zero-order valence-electron chi connectivity index (χ0n) is 14.9. The molecule has 1 spiro atoms. The van der Waals surface area contributed by atoms with Gasteiger partial charge in [-0.2, -0.15) is 11.8 Å². The van der Waals surface area contributed by atoms with Crippen LogP contribution in [0.3, 0.4) is 0 Å². The second-order valence-corrected chi connectivity index (χ2v) is 8.92. The lowest BCUT2D eigenvalue weighted by Crippen LogP contribution is -2.54. The van der Waals surface area contributed by atoms with Crippen LogP contribution in [0.15, 0.2) is 4.99 Å².